The van der Waals surface area contributed by atoms with Crippen LogP contribution in [0.1, 0.15) is 0 Å². The Morgan fingerprint density at radius 3 is 1.31 bits per heavy atom. The number of aromatic nitrogens is 4. The fourth-order valence-electron chi connectivity index (χ4n) is 7.46. The normalized spacial score (nSPS) is 11.4. The number of benzene rings is 6. The van der Waals surface area contributed by atoms with Gasteiger partial charge in [0.2, 0.25) is 23.2 Å². The second-order valence-electron chi connectivity index (χ2n) is 14.0. The van der Waals surface area contributed by atoms with Gasteiger partial charge < -0.3 is 23.1 Å². The minimum atomic E-state index is 0.520. The molecule has 0 aliphatic heterocycles. The van der Waals surface area contributed by atoms with Gasteiger partial charge in [0.25, 0.3) is 0 Å². The highest BCUT2D eigenvalue weighted by molar-refractivity contribution is 5.87. The molecule has 0 aliphatic carbocycles. The van der Waals surface area contributed by atoms with Crippen molar-refractivity contribution in [3.05, 3.63) is 195 Å². The van der Waals surface area contributed by atoms with Crippen LogP contribution < -0.4 is 9.80 Å². The minimum Gasteiger partial charge on any atom is -0.464 e. The van der Waals surface area contributed by atoms with Crippen molar-refractivity contribution in [1.82, 2.24) is 19.9 Å². The molecule has 5 aromatic heterocycles. The van der Waals surface area contributed by atoms with Crippen LogP contribution >= 0.6 is 0 Å². The van der Waals surface area contributed by atoms with Crippen LogP contribution in [0.15, 0.2) is 208 Å². The second kappa shape index (κ2) is 14.3. The summed E-state index contributed by atoms with van der Waals surface area (Å²) in [5.41, 5.74) is 13.4. The van der Waals surface area contributed by atoms with Crippen LogP contribution in [0.2, 0.25) is 0 Å². The number of para-hydroxylation sites is 1. The zero-order chi connectivity index (χ0) is 39.1. The number of pyridine rings is 2. The highest BCUT2D eigenvalue weighted by Gasteiger charge is 2.18. The Morgan fingerprint density at radius 2 is 0.814 bits per heavy atom. The van der Waals surface area contributed by atoms with Gasteiger partial charge in [-0.2, -0.15) is 0 Å². The van der Waals surface area contributed by atoms with Gasteiger partial charge in [0, 0.05) is 63.0 Å². The molecule has 9 heteroatoms. The molecular weight excluding hydrogens is 733 g/mol. The van der Waals surface area contributed by atoms with E-state index in [-0.39, 0.29) is 0 Å². The molecular formula is C50H32N6O3. The lowest BCUT2D eigenvalue weighted by Gasteiger charge is -2.26. The monoisotopic (exact) mass is 764 g/mol. The van der Waals surface area contributed by atoms with Gasteiger partial charge in [-0.25, -0.2) is 19.9 Å². The third-order valence-corrected chi connectivity index (χ3v) is 10.4. The molecule has 0 spiro atoms. The van der Waals surface area contributed by atoms with E-state index in [1.54, 1.807) is 18.7 Å². The van der Waals surface area contributed by atoms with E-state index < -0.39 is 0 Å². The number of nitrogens with zero attached hydrogens (tertiary/aromatic N) is 6. The molecule has 0 fully saturated rings. The first-order valence-corrected chi connectivity index (χ1v) is 19.2. The molecule has 0 N–H and O–H groups in total. The largest absolute Gasteiger partial charge is 0.464 e. The van der Waals surface area contributed by atoms with E-state index in [1.165, 1.54) is 0 Å². The highest BCUT2D eigenvalue weighted by Crippen LogP contribution is 2.40. The van der Waals surface area contributed by atoms with Crippen molar-refractivity contribution in [2.45, 2.75) is 0 Å². The smallest absolute Gasteiger partial charge is 0.247 e. The molecule has 0 saturated heterocycles. The Kier molecular flexibility index (Phi) is 8.25. The molecule has 6 aromatic carbocycles. The molecule has 11 aromatic rings. The summed E-state index contributed by atoms with van der Waals surface area (Å²) in [6.45, 7) is 0. The first-order valence-electron chi connectivity index (χ1n) is 19.2. The van der Waals surface area contributed by atoms with Crippen molar-refractivity contribution < 1.29 is 13.3 Å². The van der Waals surface area contributed by atoms with Gasteiger partial charge in [0.05, 0.1) is 6.26 Å². The Bertz CT molecular complexity index is 3140. The Labute approximate surface area is 338 Å². The van der Waals surface area contributed by atoms with Crippen LogP contribution in [0.25, 0.3) is 67.5 Å². The number of rotatable bonds is 9. The van der Waals surface area contributed by atoms with Gasteiger partial charge in [-0.3, -0.25) is 0 Å². The van der Waals surface area contributed by atoms with E-state index in [4.69, 9.17) is 13.3 Å². The van der Waals surface area contributed by atoms with E-state index in [1.807, 2.05) is 66.7 Å². The van der Waals surface area contributed by atoms with Crippen LogP contribution in [0.4, 0.5) is 34.1 Å². The summed E-state index contributed by atoms with van der Waals surface area (Å²) in [7, 11) is 0. The average molecular weight is 765 g/mol. The number of anilines is 6. The molecule has 0 amide bonds. The number of hydrogen-bond donors (Lipinski definition) is 0. The maximum Gasteiger partial charge on any atom is 0.247 e. The lowest BCUT2D eigenvalue weighted by Crippen LogP contribution is -2.10. The quantitative estimate of drug-likeness (QED) is 0.142. The molecule has 0 unspecified atom stereocenters. The molecule has 9 nitrogen and oxygen atoms in total. The van der Waals surface area contributed by atoms with Crippen molar-refractivity contribution >= 4 is 67.6 Å². The zero-order valence-electron chi connectivity index (χ0n) is 31.4. The van der Waals surface area contributed by atoms with Gasteiger partial charge in [0.15, 0.2) is 0 Å². The molecule has 0 atom stereocenters. The van der Waals surface area contributed by atoms with E-state index >= 15 is 0 Å². The maximum absolute atomic E-state index is 5.96. The molecule has 280 valence electrons. The fraction of sp³-hybridized carbons (Fsp3) is 0. The number of oxazole rings is 2. The standard InChI is InChI=1S/C50H32N6O3/c1-2-6-38(7-3-1)55(40-22-14-35(15-23-40)47-53-44-8-4-29-51-49(44)58-47)39-18-10-33(11-19-39)34-12-20-41(21-13-34)56(43-26-27-46-37(32-43)28-31-57-46)42-24-16-36(17-25-42)48-54-45-9-5-30-52-50(45)59-48/h1-32H. The van der Waals surface area contributed by atoms with Crippen LogP contribution in [0, 0.1) is 0 Å². The van der Waals surface area contributed by atoms with Crippen molar-refractivity contribution in [1.29, 1.82) is 0 Å². The summed E-state index contributed by atoms with van der Waals surface area (Å²) in [4.78, 5) is 22.3. The Balaban J connectivity index is 0.893. The van der Waals surface area contributed by atoms with Crippen LogP contribution in [-0.2, 0) is 0 Å². The van der Waals surface area contributed by atoms with Gasteiger partial charge >= 0.3 is 0 Å². The minimum absolute atomic E-state index is 0.520. The maximum atomic E-state index is 5.96. The Morgan fingerprint density at radius 1 is 0.373 bits per heavy atom. The fourth-order valence-corrected chi connectivity index (χ4v) is 7.46. The molecule has 0 bridgehead atoms. The summed E-state index contributed by atoms with van der Waals surface area (Å²) >= 11 is 0. The van der Waals surface area contributed by atoms with E-state index in [9.17, 15) is 0 Å². The van der Waals surface area contributed by atoms with Crippen molar-refractivity contribution in [2.24, 2.45) is 0 Å². The van der Waals surface area contributed by atoms with Crippen LogP contribution in [-0.4, -0.2) is 19.9 Å². The SMILES string of the molecule is c1ccc(N(c2ccc(-c3ccc(N(c4ccc(-c5nc6cccnc6o5)cc4)c4ccc5occc5c4)cc3)cc2)c2ccc(-c3nc4cccnc4o3)cc2)cc1. The summed E-state index contributed by atoms with van der Waals surface area (Å²) < 4.78 is 17.6. The van der Waals surface area contributed by atoms with E-state index in [2.05, 4.69) is 139 Å². The second-order valence-corrected chi connectivity index (χ2v) is 14.0. The third kappa shape index (κ3) is 6.42. The highest BCUT2D eigenvalue weighted by atomic mass is 16.4. The number of fused-ring (bicyclic) bond motifs is 3. The summed E-state index contributed by atoms with van der Waals surface area (Å²) in [6.07, 6.45) is 5.13. The van der Waals surface area contributed by atoms with Crippen LogP contribution in [0.3, 0.4) is 0 Å². The summed E-state index contributed by atoms with van der Waals surface area (Å²) in [5, 5.41) is 1.03. The van der Waals surface area contributed by atoms with Gasteiger partial charge in [0.1, 0.15) is 16.6 Å². The predicted molar refractivity (Wildman–Crippen MR) is 233 cm³/mol. The molecule has 0 saturated carbocycles. The molecule has 11 rings (SSSR count). The third-order valence-electron chi connectivity index (χ3n) is 10.4. The molecule has 0 radical (unpaired) electrons. The number of furan rings is 1. The molecule has 59 heavy (non-hydrogen) atoms. The summed E-state index contributed by atoms with van der Waals surface area (Å²) in [5.74, 6) is 1.08. The van der Waals surface area contributed by atoms with Crippen molar-refractivity contribution in [3.8, 4) is 34.0 Å². The topological polar surface area (TPSA) is 97.5 Å². The lowest BCUT2D eigenvalue weighted by atomic mass is 10.0. The Hall–Kier alpha value is -8.30. The zero-order valence-corrected chi connectivity index (χ0v) is 31.4. The lowest BCUT2D eigenvalue weighted by molar-refractivity contribution is 0.607. The molecule has 0 aliphatic rings. The first-order chi connectivity index (χ1) is 29.2. The van der Waals surface area contributed by atoms with Gasteiger partial charge in [-0.15, -0.1) is 0 Å². The van der Waals surface area contributed by atoms with Crippen molar-refractivity contribution in [2.75, 3.05) is 9.80 Å². The first kappa shape index (κ1) is 34.0. The van der Waals surface area contributed by atoms with Gasteiger partial charge in [-0.1, -0.05) is 42.5 Å². The van der Waals surface area contributed by atoms with Crippen molar-refractivity contribution in [3.63, 3.8) is 0 Å². The number of hydrogen-bond acceptors (Lipinski definition) is 9. The van der Waals surface area contributed by atoms with Crippen LogP contribution in [0.5, 0.6) is 0 Å². The van der Waals surface area contributed by atoms with Gasteiger partial charge in [-0.05, 0) is 145 Å². The average Bonchev–Trinajstić information content (AvgIpc) is 4.07. The molecule has 5 heterocycles. The van der Waals surface area contributed by atoms with E-state index in [0.717, 1.165) is 78.4 Å². The predicted octanol–water partition coefficient (Wildman–Crippen LogP) is 13.4. The van der Waals surface area contributed by atoms with E-state index in [0.29, 0.717) is 23.2 Å². The summed E-state index contributed by atoms with van der Waals surface area (Å²) in [6, 6.07) is 59.9.